The monoisotopic (exact) mass is 338 g/mol. The molecule has 1 unspecified atom stereocenters. The predicted molar refractivity (Wildman–Crippen MR) is 90.9 cm³/mol. The minimum absolute atomic E-state index is 0.0889. The van der Waals surface area contributed by atoms with Gasteiger partial charge in [0.25, 0.3) is 0 Å². The Labute approximate surface area is 143 Å². The lowest BCUT2D eigenvalue weighted by atomic mass is 9.97. The Hall–Kier alpha value is -1.82. The van der Waals surface area contributed by atoms with Crippen LogP contribution in [-0.4, -0.2) is 52.8 Å². The standard InChI is InChI=1S/C18H27FN2O3/c1-18(2,3)21(17(22)23)13-7-6-10-20(11-13)12-14-15(19)8-5-9-16(14)24-4/h5,8-9,13H,6-7,10-12H2,1-4H3,(H,22,23). The zero-order valence-electron chi connectivity index (χ0n) is 14.9. The Balaban J connectivity index is 2.15. The quantitative estimate of drug-likeness (QED) is 0.912. The third-order valence-electron chi connectivity index (χ3n) is 4.45. The number of likely N-dealkylation sites (tertiary alicyclic amines) is 1. The molecule has 1 aliphatic heterocycles. The molecule has 6 heteroatoms. The van der Waals surface area contributed by atoms with Gasteiger partial charge in [-0.05, 0) is 52.3 Å². The minimum atomic E-state index is -0.905. The first-order valence-electron chi connectivity index (χ1n) is 8.30. The molecule has 1 N–H and O–H groups in total. The van der Waals surface area contributed by atoms with Crippen molar-refractivity contribution in [1.29, 1.82) is 0 Å². The second kappa shape index (κ2) is 7.38. The van der Waals surface area contributed by atoms with Gasteiger partial charge >= 0.3 is 6.09 Å². The van der Waals surface area contributed by atoms with Crippen LogP contribution in [0.1, 0.15) is 39.2 Å². The Kier molecular flexibility index (Phi) is 5.70. The smallest absolute Gasteiger partial charge is 0.408 e. The number of halogens is 1. The summed E-state index contributed by atoms with van der Waals surface area (Å²) in [5.74, 6) is 0.241. The molecule has 1 aliphatic rings. The summed E-state index contributed by atoms with van der Waals surface area (Å²) in [6.45, 7) is 7.55. The van der Waals surface area contributed by atoms with E-state index < -0.39 is 11.6 Å². The second-order valence-corrected chi connectivity index (χ2v) is 7.28. The van der Waals surface area contributed by atoms with Gasteiger partial charge in [-0.15, -0.1) is 0 Å². The number of ether oxygens (including phenoxy) is 1. The first-order chi connectivity index (χ1) is 11.2. The number of nitrogens with zero attached hydrogens (tertiary/aromatic N) is 2. The summed E-state index contributed by atoms with van der Waals surface area (Å²) in [5, 5.41) is 9.59. The van der Waals surface area contributed by atoms with Gasteiger partial charge in [-0.1, -0.05) is 6.07 Å². The molecule has 1 atom stereocenters. The number of piperidine rings is 1. The highest BCUT2D eigenvalue weighted by Gasteiger charge is 2.35. The van der Waals surface area contributed by atoms with Gasteiger partial charge in [0, 0.05) is 30.2 Å². The summed E-state index contributed by atoms with van der Waals surface area (Å²) in [6, 6.07) is 4.72. The average molecular weight is 338 g/mol. The van der Waals surface area contributed by atoms with Crippen LogP contribution in [0, 0.1) is 5.82 Å². The Morgan fingerprint density at radius 2 is 2.17 bits per heavy atom. The number of hydrogen-bond acceptors (Lipinski definition) is 3. The molecule has 24 heavy (non-hydrogen) atoms. The molecule has 0 saturated carbocycles. The first kappa shape index (κ1) is 18.5. The lowest BCUT2D eigenvalue weighted by Gasteiger charge is -2.44. The van der Waals surface area contributed by atoms with Gasteiger partial charge in [-0.2, -0.15) is 0 Å². The topological polar surface area (TPSA) is 53.0 Å². The zero-order chi connectivity index (χ0) is 17.9. The highest BCUT2D eigenvalue weighted by Crippen LogP contribution is 2.27. The van der Waals surface area contributed by atoms with E-state index in [9.17, 15) is 14.3 Å². The Morgan fingerprint density at radius 1 is 1.46 bits per heavy atom. The number of benzene rings is 1. The number of methoxy groups -OCH3 is 1. The molecule has 0 bridgehead atoms. The molecule has 1 amide bonds. The van der Waals surface area contributed by atoms with E-state index in [4.69, 9.17) is 4.74 Å². The Bertz CT molecular complexity index is 586. The van der Waals surface area contributed by atoms with Crippen LogP contribution < -0.4 is 4.74 Å². The summed E-state index contributed by atoms with van der Waals surface area (Å²) in [7, 11) is 1.53. The largest absolute Gasteiger partial charge is 0.496 e. The highest BCUT2D eigenvalue weighted by atomic mass is 19.1. The van der Waals surface area contributed by atoms with Crippen molar-refractivity contribution in [2.24, 2.45) is 0 Å². The molecule has 0 spiro atoms. The number of rotatable bonds is 4. The van der Waals surface area contributed by atoms with Crippen molar-refractivity contribution in [3.63, 3.8) is 0 Å². The fraction of sp³-hybridized carbons (Fsp3) is 0.611. The Morgan fingerprint density at radius 3 is 2.75 bits per heavy atom. The molecule has 1 aromatic carbocycles. The van der Waals surface area contributed by atoms with Crippen molar-refractivity contribution in [2.45, 2.75) is 51.7 Å². The number of carbonyl (C=O) groups is 1. The number of hydrogen-bond donors (Lipinski definition) is 1. The lowest BCUT2D eigenvalue weighted by molar-refractivity contribution is 0.0343. The van der Waals surface area contributed by atoms with E-state index in [1.54, 1.807) is 12.1 Å². The van der Waals surface area contributed by atoms with E-state index in [0.717, 1.165) is 19.4 Å². The molecule has 0 radical (unpaired) electrons. The van der Waals surface area contributed by atoms with E-state index >= 15 is 0 Å². The van der Waals surface area contributed by atoms with E-state index in [1.807, 2.05) is 20.8 Å². The van der Waals surface area contributed by atoms with Gasteiger partial charge in [-0.25, -0.2) is 9.18 Å². The number of carboxylic acid groups (broad SMARTS) is 1. The maximum absolute atomic E-state index is 14.2. The van der Waals surface area contributed by atoms with Gasteiger partial charge in [0.1, 0.15) is 11.6 Å². The van der Waals surface area contributed by atoms with Gasteiger partial charge < -0.3 is 9.84 Å². The molecule has 0 aliphatic carbocycles. The van der Waals surface area contributed by atoms with Crippen molar-refractivity contribution in [1.82, 2.24) is 9.80 Å². The lowest BCUT2D eigenvalue weighted by Crippen LogP contribution is -2.56. The van der Waals surface area contributed by atoms with E-state index in [0.29, 0.717) is 24.4 Å². The van der Waals surface area contributed by atoms with Gasteiger partial charge in [0.15, 0.2) is 0 Å². The first-order valence-corrected chi connectivity index (χ1v) is 8.30. The van der Waals surface area contributed by atoms with Gasteiger partial charge in [0.2, 0.25) is 0 Å². The van der Waals surface area contributed by atoms with Crippen LogP contribution in [0.15, 0.2) is 18.2 Å². The van der Waals surface area contributed by atoms with Crippen molar-refractivity contribution in [2.75, 3.05) is 20.2 Å². The van der Waals surface area contributed by atoms with Crippen molar-refractivity contribution in [3.05, 3.63) is 29.6 Å². The van der Waals surface area contributed by atoms with E-state index in [-0.39, 0.29) is 11.9 Å². The van der Waals surface area contributed by atoms with Crippen LogP contribution >= 0.6 is 0 Å². The predicted octanol–water partition coefficient (Wildman–Crippen LogP) is 3.58. The van der Waals surface area contributed by atoms with Crippen LogP contribution in [0.5, 0.6) is 5.75 Å². The van der Waals surface area contributed by atoms with Crippen molar-refractivity contribution < 1.29 is 19.0 Å². The molecule has 0 aromatic heterocycles. The van der Waals surface area contributed by atoms with Crippen molar-refractivity contribution >= 4 is 6.09 Å². The molecular formula is C18H27FN2O3. The molecule has 134 valence electrons. The molecule has 5 nitrogen and oxygen atoms in total. The zero-order valence-corrected chi connectivity index (χ0v) is 14.9. The van der Waals surface area contributed by atoms with Crippen LogP contribution in [0.2, 0.25) is 0 Å². The van der Waals surface area contributed by atoms with E-state index in [2.05, 4.69) is 4.90 Å². The van der Waals surface area contributed by atoms with Gasteiger partial charge in [-0.3, -0.25) is 9.80 Å². The summed E-state index contributed by atoms with van der Waals surface area (Å²) in [4.78, 5) is 15.3. The van der Waals surface area contributed by atoms with Crippen LogP contribution in [0.25, 0.3) is 0 Å². The SMILES string of the molecule is COc1cccc(F)c1CN1CCCC(N(C(=O)O)C(C)(C)C)C1. The average Bonchev–Trinajstić information content (AvgIpc) is 2.48. The van der Waals surface area contributed by atoms with Crippen molar-refractivity contribution in [3.8, 4) is 5.75 Å². The summed E-state index contributed by atoms with van der Waals surface area (Å²) in [5.41, 5.74) is 0.0631. The second-order valence-electron chi connectivity index (χ2n) is 7.28. The normalized spacial score (nSPS) is 19.1. The fourth-order valence-electron chi connectivity index (χ4n) is 3.48. The fourth-order valence-corrected chi connectivity index (χ4v) is 3.48. The molecule has 1 heterocycles. The maximum Gasteiger partial charge on any atom is 0.408 e. The highest BCUT2D eigenvalue weighted by molar-refractivity contribution is 5.66. The molecule has 1 saturated heterocycles. The van der Waals surface area contributed by atoms with Crippen LogP contribution in [0.3, 0.4) is 0 Å². The molecular weight excluding hydrogens is 311 g/mol. The van der Waals surface area contributed by atoms with Crippen LogP contribution in [-0.2, 0) is 6.54 Å². The maximum atomic E-state index is 14.2. The molecule has 2 rings (SSSR count). The number of amides is 1. The minimum Gasteiger partial charge on any atom is -0.496 e. The van der Waals surface area contributed by atoms with Crippen LogP contribution in [0.4, 0.5) is 9.18 Å². The van der Waals surface area contributed by atoms with Gasteiger partial charge in [0.05, 0.1) is 7.11 Å². The third-order valence-corrected chi connectivity index (χ3v) is 4.45. The summed E-state index contributed by atoms with van der Waals surface area (Å²) >= 11 is 0. The summed E-state index contributed by atoms with van der Waals surface area (Å²) < 4.78 is 19.4. The summed E-state index contributed by atoms with van der Waals surface area (Å²) in [6.07, 6.45) is 0.813. The third kappa shape index (κ3) is 4.17. The molecule has 1 aromatic rings. The van der Waals surface area contributed by atoms with E-state index in [1.165, 1.54) is 18.1 Å². The molecule has 1 fully saturated rings.